The van der Waals surface area contributed by atoms with E-state index in [1.807, 2.05) is 12.1 Å². The fourth-order valence-corrected chi connectivity index (χ4v) is 8.63. The predicted octanol–water partition coefficient (Wildman–Crippen LogP) is 11.0. The molecule has 7 rings (SSSR count). The third kappa shape index (κ3) is 6.46. The zero-order valence-corrected chi connectivity index (χ0v) is 28.8. The van der Waals surface area contributed by atoms with Crippen LogP contribution in [0.25, 0.3) is 5.57 Å². The average molecular weight is 640 g/mol. The SMILES string of the molecule is CCN(c1ccc(C2=C(O)C(C3C=CC(=[N+](CC)c4ccc(C5CCCCC5)cc4)C=C3)C2=O)cc1)c1ccc(C2CCCCC2)cc1. The van der Waals surface area contributed by atoms with Crippen molar-refractivity contribution in [2.75, 3.05) is 18.0 Å². The molecule has 248 valence electrons. The molecule has 0 radical (unpaired) electrons. The van der Waals surface area contributed by atoms with Crippen molar-refractivity contribution in [3.05, 3.63) is 120 Å². The minimum Gasteiger partial charge on any atom is -0.511 e. The summed E-state index contributed by atoms with van der Waals surface area (Å²) in [5.74, 6) is 0.948. The number of Topliss-reactive ketones (excluding diaryl/α,β-unsaturated/α-hetero) is 1. The van der Waals surface area contributed by atoms with Gasteiger partial charge in [-0.05, 0) is 92.3 Å². The fraction of sp³-hybridized carbons (Fsp3) is 0.409. The molecule has 0 aromatic heterocycles. The lowest BCUT2D eigenvalue weighted by Gasteiger charge is -2.32. The number of ketones is 1. The van der Waals surface area contributed by atoms with Gasteiger partial charge in [0, 0.05) is 48.1 Å². The summed E-state index contributed by atoms with van der Waals surface area (Å²) in [5, 5.41) is 11.2. The Kier molecular flexibility index (Phi) is 9.79. The first-order valence-electron chi connectivity index (χ1n) is 18.6. The van der Waals surface area contributed by atoms with Crippen molar-refractivity contribution in [2.24, 2.45) is 11.8 Å². The first kappa shape index (κ1) is 32.4. The Morgan fingerprint density at radius 1 is 0.688 bits per heavy atom. The quantitative estimate of drug-likeness (QED) is 0.237. The normalized spacial score (nSPS) is 21.8. The van der Waals surface area contributed by atoms with Gasteiger partial charge in [0.2, 0.25) is 11.4 Å². The van der Waals surface area contributed by atoms with E-state index in [9.17, 15) is 9.90 Å². The summed E-state index contributed by atoms with van der Waals surface area (Å²) in [6, 6.07) is 26.3. The van der Waals surface area contributed by atoms with Crippen molar-refractivity contribution in [3.63, 3.8) is 0 Å². The minimum atomic E-state index is -0.520. The number of carbonyl (C=O) groups excluding carboxylic acids is 1. The number of rotatable bonds is 9. The molecule has 0 saturated heterocycles. The maximum atomic E-state index is 13.5. The van der Waals surface area contributed by atoms with Gasteiger partial charge in [-0.25, -0.2) is 0 Å². The van der Waals surface area contributed by atoms with Crippen molar-refractivity contribution in [1.82, 2.24) is 0 Å². The van der Waals surface area contributed by atoms with Crippen LogP contribution in [0.15, 0.2) is 103 Å². The molecular weight excluding hydrogens is 588 g/mol. The predicted molar refractivity (Wildman–Crippen MR) is 199 cm³/mol. The van der Waals surface area contributed by atoms with E-state index in [0.29, 0.717) is 17.4 Å². The van der Waals surface area contributed by atoms with E-state index < -0.39 is 5.92 Å². The van der Waals surface area contributed by atoms with Gasteiger partial charge in [-0.3, -0.25) is 4.79 Å². The zero-order chi connectivity index (χ0) is 33.0. The smallest absolute Gasteiger partial charge is 0.205 e. The van der Waals surface area contributed by atoms with E-state index in [2.05, 4.69) is 108 Å². The third-order valence-electron chi connectivity index (χ3n) is 11.4. The van der Waals surface area contributed by atoms with Gasteiger partial charge in [0.05, 0.1) is 11.5 Å². The number of allylic oxidation sites excluding steroid dienone is 6. The number of hydrogen-bond donors (Lipinski definition) is 1. The molecule has 48 heavy (non-hydrogen) atoms. The van der Waals surface area contributed by atoms with Crippen molar-refractivity contribution in [1.29, 1.82) is 0 Å². The molecule has 1 unspecified atom stereocenters. The highest BCUT2D eigenvalue weighted by molar-refractivity contribution is 6.30. The largest absolute Gasteiger partial charge is 0.511 e. The Bertz CT molecular complexity index is 1700. The fourth-order valence-electron chi connectivity index (χ4n) is 8.63. The van der Waals surface area contributed by atoms with E-state index in [0.717, 1.165) is 30.1 Å². The van der Waals surface area contributed by atoms with Gasteiger partial charge >= 0.3 is 0 Å². The van der Waals surface area contributed by atoms with Gasteiger partial charge in [0.1, 0.15) is 12.3 Å². The lowest BCUT2D eigenvalue weighted by Crippen LogP contribution is -2.35. The van der Waals surface area contributed by atoms with Crippen LogP contribution in [0.5, 0.6) is 0 Å². The third-order valence-corrected chi connectivity index (χ3v) is 11.4. The molecule has 4 nitrogen and oxygen atoms in total. The number of anilines is 2. The van der Waals surface area contributed by atoms with Gasteiger partial charge in [0.15, 0.2) is 5.78 Å². The van der Waals surface area contributed by atoms with Crippen LogP contribution >= 0.6 is 0 Å². The maximum absolute atomic E-state index is 13.5. The Labute approximate surface area is 287 Å². The summed E-state index contributed by atoms with van der Waals surface area (Å²) >= 11 is 0. The molecule has 3 aromatic rings. The average Bonchev–Trinajstić information content (AvgIpc) is 3.15. The lowest BCUT2D eigenvalue weighted by atomic mass is 9.71. The second-order valence-corrected chi connectivity index (χ2v) is 14.2. The molecule has 0 amide bonds. The second kappa shape index (κ2) is 14.5. The Hall–Kier alpha value is -4.18. The number of benzene rings is 3. The molecule has 0 spiro atoms. The Balaban J connectivity index is 1.02. The first-order chi connectivity index (χ1) is 23.6. The van der Waals surface area contributed by atoms with E-state index >= 15 is 0 Å². The number of aliphatic hydroxyl groups excluding tert-OH is 1. The van der Waals surface area contributed by atoms with Gasteiger partial charge < -0.3 is 10.0 Å². The minimum absolute atomic E-state index is 0.0132. The monoisotopic (exact) mass is 639 g/mol. The molecule has 0 aliphatic heterocycles. The summed E-state index contributed by atoms with van der Waals surface area (Å²) in [6.07, 6.45) is 21.7. The van der Waals surface area contributed by atoms with Crippen LogP contribution < -0.4 is 4.90 Å². The molecule has 2 fully saturated rings. The van der Waals surface area contributed by atoms with E-state index in [1.54, 1.807) is 0 Å². The summed E-state index contributed by atoms with van der Waals surface area (Å²) in [4.78, 5) is 15.8. The van der Waals surface area contributed by atoms with Crippen LogP contribution in [0.3, 0.4) is 0 Å². The highest BCUT2D eigenvalue weighted by atomic mass is 16.3. The lowest BCUT2D eigenvalue weighted by molar-refractivity contribution is -0.434. The Morgan fingerprint density at radius 3 is 1.67 bits per heavy atom. The summed E-state index contributed by atoms with van der Waals surface area (Å²) in [7, 11) is 0. The molecule has 4 heteroatoms. The van der Waals surface area contributed by atoms with Gasteiger partial charge in [-0.1, -0.05) is 87.1 Å². The summed E-state index contributed by atoms with van der Waals surface area (Å²) in [6.45, 7) is 6.04. The molecule has 4 aliphatic carbocycles. The zero-order valence-electron chi connectivity index (χ0n) is 28.8. The Morgan fingerprint density at radius 2 is 1.19 bits per heavy atom. The molecule has 1 N–H and O–H groups in total. The molecule has 3 aromatic carbocycles. The van der Waals surface area contributed by atoms with Crippen LogP contribution in [0.2, 0.25) is 0 Å². The molecule has 4 aliphatic rings. The van der Waals surface area contributed by atoms with Crippen molar-refractivity contribution < 1.29 is 14.5 Å². The van der Waals surface area contributed by atoms with Crippen molar-refractivity contribution in [3.8, 4) is 0 Å². The van der Waals surface area contributed by atoms with E-state index in [-0.39, 0.29) is 17.5 Å². The second-order valence-electron chi connectivity index (χ2n) is 14.2. The standard InChI is InChI=1S/C44H50N2O2/c1-3-45(37-23-15-33(16-24-37)31-11-7-5-8-12-31)39-27-19-35(20-28-39)41-43(47)42(44(41)48)36-21-29-40(30-22-36)46(4-2)38-25-17-34(18-26-38)32-13-9-6-10-14-32/h15-32,35,41H,3-14H2,1-2H3/p+1. The van der Waals surface area contributed by atoms with Crippen LogP contribution in [-0.4, -0.2) is 34.3 Å². The number of hydrogen-bond acceptors (Lipinski definition) is 3. The maximum Gasteiger partial charge on any atom is 0.205 e. The van der Waals surface area contributed by atoms with E-state index in [1.165, 1.54) is 86.7 Å². The van der Waals surface area contributed by atoms with Crippen molar-refractivity contribution >= 4 is 34.1 Å². The van der Waals surface area contributed by atoms with E-state index in [4.69, 9.17) is 0 Å². The number of nitrogens with zero attached hydrogens (tertiary/aromatic N) is 2. The molecule has 2 saturated carbocycles. The molecule has 0 bridgehead atoms. The van der Waals surface area contributed by atoms with Crippen LogP contribution in [0.4, 0.5) is 17.1 Å². The highest BCUT2D eigenvalue weighted by Gasteiger charge is 2.44. The summed E-state index contributed by atoms with van der Waals surface area (Å²) < 4.78 is 2.31. The summed E-state index contributed by atoms with van der Waals surface area (Å²) in [5.41, 5.74) is 8.72. The first-order valence-corrected chi connectivity index (χ1v) is 18.6. The molecular formula is C44H51N2O2+. The molecule has 1 atom stereocenters. The number of aliphatic hydroxyl groups is 1. The molecule has 0 heterocycles. The highest BCUT2D eigenvalue weighted by Crippen LogP contribution is 2.43. The van der Waals surface area contributed by atoms with Gasteiger partial charge in [-0.2, -0.15) is 4.58 Å². The van der Waals surface area contributed by atoms with Gasteiger partial charge in [-0.15, -0.1) is 0 Å². The van der Waals surface area contributed by atoms with Crippen LogP contribution in [-0.2, 0) is 4.79 Å². The van der Waals surface area contributed by atoms with Gasteiger partial charge in [0.25, 0.3) is 0 Å². The number of carbonyl (C=O) groups is 1. The van der Waals surface area contributed by atoms with Crippen molar-refractivity contribution in [2.45, 2.75) is 89.9 Å². The topological polar surface area (TPSA) is 43.5 Å². The van der Waals surface area contributed by atoms with Crippen LogP contribution in [0.1, 0.15) is 107 Å². The van der Waals surface area contributed by atoms with Crippen LogP contribution in [0, 0.1) is 11.8 Å².